The second kappa shape index (κ2) is 8.31. The zero-order valence-corrected chi connectivity index (χ0v) is 14.3. The van der Waals surface area contributed by atoms with Gasteiger partial charge in [-0.1, -0.05) is 31.2 Å². The summed E-state index contributed by atoms with van der Waals surface area (Å²) in [7, 11) is 0. The summed E-state index contributed by atoms with van der Waals surface area (Å²) in [5.41, 5.74) is 2.49. The Kier molecular flexibility index (Phi) is 6.42. The third kappa shape index (κ3) is 5.22. The van der Waals surface area contributed by atoms with E-state index in [0.717, 1.165) is 32.5 Å². The van der Waals surface area contributed by atoms with Gasteiger partial charge < -0.3 is 15.7 Å². The van der Waals surface area contributed by atoms with E-state index in [1.165, 1.54) is 11.1 Å². The SMILES string of the molecule is CCC(C)(CCO)NC(=O)NCCN1CCc2ccccc2C1. The highest BCUT2D eigenvalue weighted by atomic mass is 16.3. The van der Waals surface area contributed by atoms with E-state index in [9.17, 15) is 4.79 Å². The van der Waals surface area contributed by atoms with Crippen LogP contribution in [0.4, 0.5) is 4.79 Å². The summed E-state index contributed by atoms with van der Waals surface area (Å²) in [6, 6.07) is 8.41. The van der Waals surface area contributed by atoms with Gasteiger partial charge in [-0.3, -0.25) is 4.90 Å². The van der Waals surface area contributed by atoms with Crippen LogP contribution in [0.15, 0.2) is 24.3 Å². The lowest BCUT2D eigenvalue weighted by atomic mass is 9.95. The first-order valence-electron chi connectivity index (χ1n) is 8.52. The minimum Gasteiger partial charge on any atom is -0.396 e. The van der Waals surface area contributed by atoms with Crippen molar-refractivity contribution in [2.75, 3.05) is 26.2 Å². The van der Waals surface area contributed by atoms with Gasteiger partial charge in [0, 0.05) is 38.3 Å². The Morgan fingerprint density at radius 2 is 2.09 bits per heavy atom. The molecule has 0 spiro atoms. The van der Waals surface area contributed by atoms with Gasteiger partial charge in [0.1, 0.15) is 0 Å². The Morgan fingerprint density at radius 3 is 2.78 bits per heavy atom. The molecule has 0 saturated heterocycles. The van der Waals surface area contributed by atoms with Gasteiger partial charge in [0.15, 0.2) is 0 Å². The lowest BCUT2D eigenvalue weighted by Gasteiger charge is -2.30. The number of urea groups is 1. The molecule has 0 bridgehead atoms. The van der Waals surface area contributed by atoms with Crippen molar-refractivity contribution in [2.45, 2.75) is 45.2 Å². The van der Waals surface area contributed by atoms with E-state index in [1.807, 2.05) is 13.8 Å². The Labute approximate surface area is 139 Å². The molecule has 0 radical (unpaired) electrons. The van der Waals surface area contributed by atoms with Crippen molar-refractivity contribution in [3.63, 3.8) is 0 Å². The normalized spacial score (nSPS) is 17.2. The number of carbonyl (C=O) groups excluding carboxylic acids is 1. The lowest BCUT2D eigenvalue weighted by molar-refractivity contribution is 0.198. The van der Waals surface area contributed by atoms with Gasteiger partial charge in [0.25, 0.3) is 0 Å². The number of nitrogens with zero attached hydrogens (tertiary/aromatic N) is 1. The van der Waals surface area contributed by atoms with Crippen LogP contribution in [0.3, 0.4) is 0 Å². The molecular formula is C18H29N3O2. The summed E-state index contributed by atoms with van der Waals surface area (Å²) in [5.74, 6) is 0. The van der Waals surface area contributed by atoms with Crippen LogP contribution >= 0.6 is 0 Å². The van der Waals surface area contributed by atoms with Crippen molar-refractivity contribution in [1.29, 1.82) is 0 Å². The van der Waals surface area contributed by atoms with Gasteiger partial charge in [0.05, 0.1) is 0 Å². The Hall–Kier alpha value is -1.59. The summed E-state index contributed by atoms with van der Waals surface area (Å²) in [4.78, 5) is 14.4. The fourth-order valence-corrected chi connectivity index (χ4v) is 2.97. The molecule has 23 heavy (non-hydrogen) atoms. The molecule has 0 aliphatic carbocycles. The number of hydrogen-bond donors (Lipinski definition) is 3. The molecule has 1 aliphatic rings. The van der Waals surface area contributed by atoms with Gasteiger partial charge >= 0.3 is 6.03 Å². The van der Waals surface area contributed by atoms with Crippen LogP contribution in [0.1, 0.15) is 37.8 Å². The number of nitrogens with one attached hydrogen (secondary N) is 2. The van der Waals surface area contributed by atoms with Gasteiger partial charge in [-0.15, -0.1) is 0 Å². The Balaban J connectivity index is 1.72. The molecule has 2 amide bonds. The second-order valence-corrected chi connectivity index (χ2v) is 6.56. The molecule has 1 aliphatic heterocycles. The molecule has 128 valence electrons. The molecule has 1 aromatic rings. The monoisotopic (exact) mass is 319 g/mol. The molecule has 3 N–H and O–H groups in total. The summed E-state index contributed by atoms with van der Waals surface area (Å²) in [6.07, 6.45) is 2.44. The molecule has 1 atom stereocenters. The minimum atomic E-state index is -0.344. The van der Waals surface area contributed by atoms with Crippen molar-refractivity contribution in [2.24, 2.45) is 0 Å². The number of hydrogen-bond acceptors (Lipinski definition) is 3. The number of aliphatic hydroxyl groups excluding tert-OH is 1. The third-order valence-electron chi connectivity index (χ3n) is 4.78. The summed E-state index contributed by atoms with van der Waals surface area (Å²) >= 11 is 0. The van der Waals surface area contributed by atoms with Crippen molar-refractivity contribution in [3.05, 3.63) is 35.4 Å². The summed E-state index contributed by atoms with van der Waals surface area (Å²) in [5, 5.41) is 15.0. The van der Waals surface area contributed by atoms with E-state index in [4.69, 9.17) is 5.11 Å². The molecule has 1 unspecified atom stereocenters. The minimum absolute atomic E-state index is 0.0812. The molecule has 0 fully saturated rings. The molecule has 1 aromatic carbocycles. The molecular weight excluding hydrogens is 290 g/mol. The van der Waals surface area contributed by atoms with Gasteiger partial charge in [-0.25, -0.2) is 4.79 Å². The van der Waals surface area contributed by atoms with E-state index in [-0.39, 0.29) is 18.2 Å². The Morgan fingerprint density at radius 1 is 1.35 bits per heavy atom. The largest absolute Gasteiger partial charge is 0.396 e. The standard InChI is InChI=1S/C18H29N3O2/c1-3-18(2,9-13-22)20-17(23)19-10-12-21-11-8-15-6-4-5-7-16(15)14-21/h4-7,22H,3,8-14H2,1-2H3,(H2,19,20,23). The number of rotatable bonds is 7. The van der Waals surface area contributed by atoms with Crippen LogP contribution in [0.2, 0.25) is 0 Å². The quantitative estimate of drug-likeness (QED) is 0.719. The maximum atomic E-state index is 12.0. The molecule has 5 nitrogen and oxygen atoms in total. The van der Waals surface area contributed by atoms with Crippen LogP contribution in [0, 0.1) is 0 Å². The van der Waals surface area contributed by atoms with Crippen molar-refractivity contribution >= 4 is 6.03 Å². The first kappa shape index (κ1) is 17.8. The Bertz CT molecular complexity index is 521. The first-order valence-corrected chi connectivity index (χ1v) is 8.52. The van der Waals surface area contributed by atoms with Crippen LogP contribution in [0.5, 0.6) is 0 Å². The number of amides is 2. The van der Waals surface area contributed by atoms with E-state index < -0.39 is 0 Å². The number of aliphatic hydroxyl groups is 1. The summed E-state index contributed by atoms with van der Waals surface area (Å²) < 4.78 is 0. The first-order chi connectivity index (χ1) is 11.1. The molecule has 2 rings (SSSR count). The lowest BCUT2D eigenvalue weighted by Crippen LogP contribution is -2.51. The van der Waals surface area contributed by atoms with Gasteiger partial charge in [-0.2, -0.15) is 0 Å². The highest BCUT2D eigenvalue weighted by Crippen LogP contribution is 2.17. The number of carbonyl (C=O) groups is 1. The third-order valence-corrected chi connectivity index (χ3v) is 4.78. The highest BCUT2D eigenvalue weighted by molar-refractivity contribution is 5.74. The maximum absolute atomic E-state index is 12.0. The van der Waals surface area contributed by atoms with E-state index >= 15 is 0 Å². The number of benzene rings is 1. The van der Waals surface area contributed by atoms with Crippen molar-refractivity contribution in [1.82, 2.24) is 15.5 Å². The maximum Gasteiger partial charge on any atom is 0.315 e. The van der Waals surface area contributed by atoms with Crippen LogP contribution in [-0.4, -0.2) is 47.8 Å². The van der Waals surface area contributed by atoms with Gasteiger partial charge in [0.2, 0.25) is 0 Å². The molecule has 5 heteroatoms. The average molecular weight is 319 g/mol. The average Bonchev–Trinajstić information content (AvgIpc) is 2.55. The van der Waals surface area contributed by atoms with Crippen molar-refractivity contribution < 1.29 is 9.90 Å². The van der Waals surface area contributed by atoms with Crippen LogP contribution in [-0.2, 0) is 13.0 Å². The second-order valence-electron chi connectivity index (χ2n) is 6.56. The smallest absolute Gasteiger partial charge is 0.315 e. The highest BCUT2D eigenvalue weighted by Gasteiger charge is 2.23. The topological polar surface area (TPSA) is 64.6 Å². The van der Waals surface area contributed by atoms with Crippen molar-refractivity contribution in [3.8, 4) is 0 Å². The summed E-state index contributed by atoms with van der Waals surface area (Å²) in [6.45, 7) is 7.54. The predicted molar refractivity (Wildman–Crippen MR) is 92.4 cm³/mol. The molecule has 0 saturated carbocycles. The van der Waals surface area contributed by atoms with E-state index in [1.54, 1.807) is 0 Å². The van der Waals surface area contributed by atoms with E-state index in [2.05, 4.69) is 39.8 Å². The molecule has 0 aromatic heterocycles. The zero-order chi connectivity index (χ0) is 16.7. The van der Waals surface area contributed by atoms with Crippen LogP contribution < -0.4 is 10.6 Å². The zero-order valence-electron chi connectivity index (χ0n) is 14.3. The van der Waals surface area contributed by atoms with Gasteiger partial charge in [-0.05, 0) is 37.3 Å². The van der Waals surface area contributed by atoms with E-state index in [0.29, 0.717) is 13.0 Å². The number of fused-ring (bicyclic) bond motifs is 1. The fraction of sp³-hybridized carbons (Fsp3) is 0.611. The van der Waals surface area contributed by atoms with Crippen LogP contribution in [0.25, 0.3) is 0 Å². The predicted octanol–water partition coefficient (Wildman–Crippen LogP) is 1.89. The molecule has 1 heterocycles. The fourth-order valence-electron chi connectivity index (χ4n) is 2.97.